The van der Waals surface area contributed by atoms with Crippen molar-refractivity contribution in [2.24, 2.45) is 5.92 Å². The Kier molecular flexibility index (Phi) is 5.14. The minimum Gasteiger partial charge on any atom is -0.345 e. The highest BCUT2D eigenvalue weighted by atomic mass is 19.3. The molecular weight excluding hydrogens is 364 g/mol. The van der Waals surface area contributed by atoms with Crippen molar-refractivity contribution in [3.63, 3.8) is 0 Å². The van der Waals surface area contributed by atoms with Gasteiger partial charge in [0.1, 0.15) is 5.82 Å². The third kappa shape index (κ3) is 4.16. The van der Waals surface area contributed by atoms with E-state index in [0.717, 1.165) is 24.4 Å². The summed E-state index contributed by atoms with van der Waals surface area (Å²) >= 11 is 0. The summed E-state index contributed by atoms with van der Waals surface area (Å²) in [5.41, 5.74) is 2.42. The maximum Gasteiger partial charge on any atom is 0.303 e. The van der Waals surface area contributed by atoms with Crippen LogP contribution in [0.5, 0.6) is 0 Å². The molecule has 0 unspecified atom stereocenters. The zero-order valence-corrected chi connectivity index (χ0v) is 16.5. The second-order valence-electron chi connectivity index (χ2n) is 7.46. The van der Waals surface area contributed by atoms with E-state index in [1.54, 1.807) is 25.3 Å². The van der Waals surface area contributed by atoms with Gasteiger partial charge in [-0.2, -0.15) is 8.78 Å². The highest BCUT2D eigenvalue weighted by Crippen LogP contribution is 2.33. The van der Waals surface area contributed by atoms with E-state index in [9.17, 15) is 13.6 Å². The highest BCUT2D eigenvalue weighted by Gasteiger charge is 2.29. The van der Waals surface area contributed by atoms with E-state index in [2.05, 4.69) is 34.1 Å². The Bertz CT molecular complexity index is 1040. The molecule has 0 aliphatic heterocycles. The van der Waals surface area contributed by atoms with Gasteiger partial charge < -0.3 is 9.88 Å². The lowest BCUT2D eigenvalue weighted by atomic mass is 10.1. The van der Waals surface area contributed by atoms with Gasteiger partial charge in [-0.3, -0.25) is 4.79 Å². The lowest BCUT2D eigenvalue weighted by Crippen LogP contribution is -2.13. The molecule has 0 bridgehead atoms. The SMILES string of the molecule is CC(=O)Nc1cc2c(-c3cc(C)nc(C(C)(F)F)n3)cn(CC(C)C)c2cn1. The summed E-state index contributed by atoms with van der Waals surface area (Å²) in [6.07, 6.45) is 3.57. The minimum atomic E-state index is -3.14. The number of anilines is 1. The molecule has 0 fully saturated rings. The van der Waals surface area contributed by atoms with E-state index in [4.69, 9.17) is 0 Å². The van der Waals surface area contributed by atoms with Crippen LogP contribution in [0.25, 0.3) is 22.2 Å². The van der Waals surface area contributed by atoms with Crippen LogP contribution < -0.4 is 5.32 Å². The fourth-order valence-electron chi connectivity index (χ4n) is 3.09. The van der Waals surface area contributed by atoms with E-state index in [-0.39, 0.29) is 5.91 Å². The molecule has 6 nitrogen and oxygen atoms in total. The molecule has 3 aromatic rings. The van der Waals surface area contributed by atoms with Crippen molar-refractivity contribution in [2.45, 2.75) is 47.1 Å². The molecule has 1 amide bonds. The van der Waals surface area contributed by atoms with Gasteiger partial charge in [0.25, 0.3) is 0 Å². The first-order valence-electron chi connectivity index (χ1n) is 9.05. The number of amides is 1. The summed E-state index contributed by atoms with van der Waals surface area (Å²) in [5, 5.41) is 3.44. The van der Waals surface area contributed by atoms with Gasteiger partial charge >= 0.3 is 5.92 Å². The number of hydrogen-bond donors (Lipinski definition) is 1. The lowest BCUT2D eigenvalue weighted by Gasteiger charge is -2.11. The maximum atomic E-state index is 13.8. The molecule has 148 valence electrons. The zero-order valence-electron chi connectivity index (χ0n) is 16.5. The van der Waals surface area contributed by atoms with Gasteiger partial charge in [0.15, 0.2) is 5.82 Å². The van der Waals surface area contributed by atoms with Crippen molar-refractivity contribution in [2.75, 3.05) is 5.32 Å². The molecule has 0 saturated heterocycles. The number of carbonyl (C=O) groups excluding carboxylic acids is 1. The number of hydrogen-bond acceptors (Lipinski definition) is 4. The molecule has 1 N–H and O–H groups in total. The Labute approximate surface area is 162 Å². The second-order valence-corrected chi connectivity index (χ2v) is 7.46. The average Bonchev–Trinajstić information content (AvgIpc) is 2.90. The largest absolute Gasteiger partial charge is 0.345 e. The molecule has 0 aliphatic carbocycles. The predicted octanol–water partition coefficient (Wildman–Crippen LogP) is 4.53. The summed E-state index contributed by atoms with van der Waals surface area (Å²) in [7, 11) is 0. The first-order valence-corrected chi connectivity index (χ1v) is 9.05. The smallest absolute Gasteiger partial charge is 0.303 e. The molecule has 0 saturated carbocycles. The van der Waals surface area contributed by atoms with E-state index >= 15 is 0 Å². The van der Waals surface area contributed by atoms with Gasteiger partial charge in [0.05, 0.1) is 17.4 Å². The Hall–Kier alpha value is -2.90. The normalized spacial score (nSPS) is 12.0. The number of aromatic nitrogens is 4. The van der Waals surface area contributed by atoms with Gasteiger partial charge in [-0.05, 0) is 25.0 Å². The monoisotopic (exact) mass is 387 g/mol. The van der Waals surface area contributed by atoms with Crippen LogP contribution in [0.1, 0.15) is 39.2 Å². The van der Waals surface area contributed by atoms with Gasteiger partial charge in [-0.1, -0.05) is 13.8 Å². The van der Waals surface area contributed by atoms with Crippen LogP contribution >= 0.6 is 0 Å². The number of fused-ring (bicyclic) bond motifs is 1. The summed E-state index contributed by atoms with van der Waals surface area (Å²) in [4.78, 5) is 23.7. The van der Waals surface area contributed by atoms with Crippen LogP contribution in [-0.2, 0) is 17.3 Å². The number of halogens is 2. The number of alkyl halides is 2. The van der Waals surface area contributed by atoms with Crippen LogP contribution in [0.3, 0.4) is 0 Å². The van der Waals surface area contributed by atoms with Crippen molar-refractivity contribution in [3.8, 4) is 11.3 Å². The van der Waals surface area contributed by atoms with Crippen molar-refractivity contribution in [1.82, 2.24) is 19.5 Å². The Balaban J connectivity index is 2.24. The Morgan fingerprint density at radius 2 is 2.00 bits per heavy atom. The van der Waals surface area contributed by atoms with Crippen LogP contribution in [0.15, 0.2) is 24.5 Å². The molecule has 8 heteroatoms. The van der Waals surface area contributed by atoms with Crippen LogP contribution in [0, 0.1) is 12.8 Å². The van der Waals surface area contributed by atoms with Crippen molar-refractivity contribution < 1.29 is 13.6 Å². The summed E-state index contributed by atoms with van der Waals surface area (Å²) < 4.78 is 29.7. The number of nitrogens with zero attached hydrogens (tertiary/aromatic N) is 4. The molecule has 28 heavy (non-hydrogen) atoms. The van der Waals surface area contributed by atoms with Crippen LogP contribution in [0.2, 0.25) is 0 Å². The number of nitrogens with one attached hydrogen (secondary N) is 1. The highest BCUT2D eigenvalue weighted by molar-refractivity contribution is 5.98. The molecule has 0 atom stereocenters. The standard InChI is InChI=1S/C20H23F2N5O/c1-11(2)9-27-10-15(14-7-18(25-13(4)28)23-8-17(14)27)16-6-12(3)24-19(26-16)20(5,21)22/h6-8,10-11H,9H2,1-5H3,(H,23,25,28). The number of carbonyl (C=O) groups is 1. The molecular formula is C20H23F2N5O. The fraction of sp³-hybridized carbons (Fsp3) is 0.400. The predicted molar refractivity (Wildman–Crippen MR) is 104 cm³/mol. The third-order valence-corrected chi connectivity index (χ3v) is 4.16. The maximum absolute atomic E-state index is 13.8. The van der Waals surface area contributed by atoms with Gasteiger partial charge in [0, 0.05) is 43.2 Å². The van der Waals surface area contributed by atoms with Crippen LogP contribution in [-0.4, -0.2) is 25.4 Å². The van der Waals surface area contributed by atoms with E-state index in [0.29, 0.717) is 28.7 Å². The van der Waals surface area contributed by atoms with Crippen molar-refractivity contribution >= 4 is 22.6 Å². The Morgan fingerprint density at radius 1 is 1.29 bits per heavy atom. The Morgan fingerprint density at radius 3 is 2.61 bits per heavy atom. The molecule has 0 radical (unpaired) electrons. The van der Waals surface area contributed by atoms with Crippen LogP contribution in [0.4, 0.5) is 14.6 Å². The van der Waals surface area contributed by atoms with Crippen molar-refractivity contribution in [1.29, 1.82) is 0 Å². The molecule has 3 rings (SSSR count). The molecule has 0 aromatic carbocycles. The fourth-order valence-corrected chi connectivity index (χ4v) is 3.09. The second kappa shape index (κ2) is 7.26. The number of aryl methyl sites for hydroxylation is 1. The molecule has 3 heterocycles. The first kappa shape index (κ1) is 19.9. The quantitative estimate of drug-likeness (QED) is 0.698. The van der Waals surface area contributed by atoms with E-state index < -0.39 is 11.7 Å². The summed E-state index contributed by atoms with van der Waals surface area (Å²) in [6.45, 7) is 8.77. The van der Waals surface area contributed by atoms with E-state index in [1.165, 1.54) is 6.92 Å². The number of pyridine rings is 1. The average molecular weight is 387 g/mol. The minimum absolute atomic E-state index is 0.235. The zero-order chi connectivity index (χ0) is 20.6. The van der Waals surface area contributed by atoms with Gasteiger partial charge in [-0.15, -0.1) is 0 Å². The topological polar surface area (TPSA) is 72.7 Å². The molecule has 0 aliphatic rings. The molecule has 0 spiro atoms. The van der Waals surface area contributed by atoms with Gasteiger partial charge in [-0.25, -0.2) is 15.0 Å². The lowest BCUT2D eigenvalue weighted by molar-refractivity contribution is -0.114. The number of rotatable bonds is 5. The van der Waals surface area contributed by atoms with Crippen molar-refractivity contribution in [3.05, 3.63) is 36.0 Å². The van der Waals surface area contributed by atoms with E-state index in [1.807, 2.05) is 10.8 Å². The summed E-state index contributed by atoms with van der Waals surface area (Å²) in [6, 6.07) is 3.42. The molecule has 3 aromatic heterocycles. The third-order valence-electron chi connectivity index (χ3n) is 4.16. The first-order chi connectivity index (χ1) is 13.0. The summed E-state index contributed by atoms with van der Waals surface area (Å²) in [5.74, 6) is -3.11. The van der Waals surface area contributed by atoms with Gasteiger partial charge in [0.2, 0.25) is 5.91 Å².